The van der Waals surface area contributed by atoms with Crippen molar-refractivity contribution < 1.29 is 22.8 Å². The molecule has 0 atom stereocenters. The number of hydrogen-bond acceptors (Lipinski definition) is 8. The molecule has 33 heavy (non-hydrogen) atoms. The minimum atomic E-state index is -4.52. The molecule has 2 amide bonds. The van der Waals surface area contributed by atoms with Crippen molar-refractivity contribution in [1.29, 1.82) is 0 Å². The van der Waals surface area contributed by atoms with Gasteiger partial charge in [-0.15, -0.1) is 11.3 Å². The first-order chi connectivity index (χ1) is 15.6. The molecule has 0 radical (unpaired) electrons. The van der Waals surface area contributed by atoms with Crippen LogP contribution in [0, 0.1) is 6.92 Å². The van der Waals surface area contributed by atoms with Crippen molar-refractivity contribution >= 4 is 34.7 Å². The third-order valence-corrected chi connectivity index (χ3v) is 5.83. The third kappa shape index (κ3) is 4.93. The smallest absolute Gasteiger partial charge is 0.344 e. The lowest BCUT2D eigenvalue weighted by Crippen LogP contribution is -2.25. The Morgan fingerprint density at radius 1 is 1.21 bits per heavy atom. The second-order valence-electron chi connectivity index (χ2n) is 7.30. The fraction of sp³-hybridized carbons (Fsp3) is 0.250. The van der Waals surface area contributed by atoms with Gasteiger partial charge in [0, 0.05) is 24.8 Å². The number of benzene rings is 1. The lowest BCUT2D eigenvalue weighted by atomic mass is 10.1. The number of amides is 2. The fourth-order valence-electron chi connectivity index (χ4n) is 3.25. The molecule has 1 aliphatic rings. The van der Waals surface area contributed by atoms with Gasteiger partial charge in [-0.2, -0.15) is 13.2 Å². The van der Waals surface area contributed by atoms with Crippen LogP contribution in [0.15, 0.2) is 30.7 Å². The highest BCUT2D eigenvalue weighted by Gasteiger charge is 2.32. The van der Waals surface area contributed by atoms with Crippen molar-refractivity contribution in [3.05, 3.63) is 63.0 Å². The Bertz CT molecular complexity index is 1230. The zero-order valence-electron chi connectivity index (χ0n) is 17.4. The molecule has 0 saturated carbocycles. The molecular formula is C20H18F3N7O2S. The van der Waals surface area contributed by atoms with Crippen LogP contribution in [0.25, 0.3) is 0 Å². The van der Waals surface area contributed by atoms with Gasteiger partial charge < -0.3 is 16.1 Å². The minimum Gasteiger partial charge on any atom is -0.344 e. The number of hydrogen-bond donors (Lipinski definition) is 3. The second-order valence-corrected chi connectivity index (χ2v) is 8.42. The number of nitrogens with zero attached hydrogens (tertiary/aromatic N) is 4. The van der Waals surface area contributed by atoms with Crippen molar-refractivity contribution in [2.75, 3.05) is 17.8 Å². The molecule has 3 N–H and O–H groups in total. The summed E-state index contributed by atoms with van der Waals surface area (Å²) in [5, 5.41) is 7.38. The van der Waals surface area contributed by atoms with E-state index in [0.717, 1.165) is 17.4 Å². The molecule has 4 rings (SSSR count). The second kappa shape index (κ2) is 8.75. The van der Waals surface area contributed by atoms with Crippen LogP contribution in [0.2, 0.25) is 0 Å². The molecule has 0 spiro atoms. The van der Waals surface area contributed by atoms with Gasteiger partial charge in [-0.3, -0.25) is 9.59 Å². The SMILES string of the molecule is Cc1ccc(NC(=O)c2cnc(CNC(=O)c3ncnc4c3CN(C)N4)s2)cc1C(F)(F)F. The summed E-state index contributed by atoms with van der Waals surface area (Å²) in [6, 6.07) is 3.59. The van der Waals surface area contributed by atoms with Gasteiger partial charge in [-0.05, 0) is 24.6 Å². The predicted octanol–water partition coefficient (Wildman–Crippen LogP) is 3.21. The van der Waals surface area contributed by atoms with Crippen LogP contribution in [0.3, 0.4) is 0 Å². The van der Waals surface area contributed by atoms with E-state index >= 15 is 0 Å². The number of hydrazine groups is 1. The van der Waals surface area contributed by atoms with Gasteiger partial charge >= 0.3 is 6.18 Å². The highest BCUT2D eigenvalue weighted by atomic mass is 32.1. The Morgan fingerprint density at radius 3 is 2.76 bits per heavy atom. The molecule has 2 aromatic heterocycles. The van der Waals surface area contributed by atoms with Gasteiger partial charge in [-0.25, -0.2) is 20.0 Å². The molecule has 1 aliphatic heterocycles. The van der Waals surface area contributed by atoms with Crippen LogP contribution in [0.5, 0.6) is 0 Å². The Labute approximate surface area is 190 Å². The van der Waals surface area contributed by atoms with E-state index in [4.69, 9.17) is 0 Å². The normalized spacial score (nSPS) is 13.4. The fourth-order valence-corrected chi connectivity index (χ4v) is 4.00. The summed E-state index contributed by atoms with van der Waals surface area (Å²) in [5.41, 5.74) is 3.19. The van der Waals surface area contributed by atoms with Crippen LogP contribution in [0.1, 0.15) is 41.9 Å². The summed E-state index contributed by atoms with van der Waals surface area (Å²) >= 11 is 1.02. The Balaban J connectivity index is 1.39. The molecule has 1 aromatic carbocycles. The van der Waals surface area contributed by atoms with E-state index in [9.17, 15) is 22.8 Å². The predicted molar refractivity (Wildman–Crippen MR) is 115 cm³/mol. The van der Waals surface area contributed by atoms with Gasteiger partial charge in [-0.1, -0.05) is 6.07 Å². The first kappa shape index (κ1) is 22.6. The van der Waals surface area contributed by atoms with Crippen molar-refractivity contribution in [3.8, 4) is 0 Å². The zero-order chi connectivity index (χ0) is 23.8. The van der Waals surface area contributed by atoms with E-state index in [2.05, 4.69) is 31.0 Å². The molecule has 0 unspecified atom stereocenters. The monoisotopic (exact) mass is 477 g/mol. The zero-order valence-corrected chi connectivity index (χ0v) is 18.3. The Kier molecular flexibility index (Phi) is 5.99. The average molecular weight is 477 g/mol. The van der Waals surface area contributed by atoms with E-state index in [1.165, 1.54) is 31.6 Å². The summed E-state index contributed by atoms with van der Waals surface area (Å²) in [6.07, 6.45) is -1.92. The van der Waals surface area contributed by atoms with Gasteiger partial charge in [0.15, 0.2) is 0 Å². The van der Waals surface area contributed by atoms with E-state index in [-0.39, 0.29) is 28.4 Å². The van der Waals surface area contributed by atoms with Crippen LogP contribution in [0.4, 0.5) is 24.7 Å². The van der Waals surface area contributed by atoms with Gasteiger partial charge in [0.25, 0.3) is 11.8 Å². The molecular weight excluding hydrogens is 459 g/mol. The summed E-state index contributed by atoms with van der Waals surface area (Å²) in [6.45, 7) is 1.87. The standard InChI is InChI=1S/C20H18F3N7O2S/c1-10-3-4-11(5-13(10)20(21,22)23)28-18(31)14-6-24-15(33-14)7-25-19(32)16-12-8-30(2)29-17(12)27-9-26-16/h3-6,9H,7-8H2,1-2H3,(H,25,32)(H,28,31)(H,26,27,29). The quantitative estimate of drug-likeness (QED) is 0.517. The maximum atomic E-state index is 13.1. The molecule has 0 fully saturated rings. The highest BCUT2D eigenvalue weighted by Crippen LogP contribution is 2.33. The summed E-state index contributed by atoms with van der Waals surface area (Å²) in [7, 11) is 1.81. The number of aromatic nitrogens is 3. The summed E-state index contributed by atoms with van der Waals surface area (Å²) < 4.78 is 39.3. The number of rotatable bonds is 5. The molecule has 3 heterocycles. The van der Waals surface area contributed by atoms with Crippen molar-refractivity contribution in [3.63, 3.8) is 0 Å². The number of carbonyl (C=O) groups excluding carboxylic acids is 2. The molecule has 9 nitrogen and oxygen atoms in total. The van der Waals surface area contributed by atoms with Crippen molar-refractivity contribution in [1.82, 2.24) is 25.3 Å². The molecule has 0 bridgehead atoms. The largest absolute Gasteiger partial charge is 0.416 e. The molecule has 0 saturated heterocycles. The van der Waals surface area contributed by atoms with E-state index < -0.39 is 23.6 Å². The van der Waals surface area contributed by atoms with Crippen molar-refractivity contribution in [2.24, 2.45) is 0 Å². The number of anilines is 2. The number of aryl methyl sites for hydroxylation is 1. The molecule has 0 aliphatic carbocycles. The van der Waals surface area contributed by atoms with E-state index in [0.29, 0.717) is 22.9 Å². The number of alkyl halides is 3. The third-order valence-electron chi connectivity index (χ3n) is 4.83. The number of fused-ring (bicyclic) bond motifs is 1. The van der Waals surface area contributed by atoms with Crippen molar-refractivity contribution in [2.45, 2.75) is 26.2 Å². The maximum Gasteiger partial charge on any atom is 0.416 e. The van der Waals surface area contributed by atoms with Crippen LogP contribution in [-0.4, -0.2) is 38.8 Å². The molecule has 3 aromatic rings. The molecule has 13 heteroatoms. The summed E-state index contributed by atoms with van der Waals surface area (Å²) in [4.78, 5) is 37.5. The first-order valence-corrected chi connectivity index (χ1v) is 10.5. The van der Waals surface area contributed by atoms with E-state index in [1.54, 1.807) is 5.01 Å². The average Bonchev–Trinajstić information content (AvgIpc) is 3.38. The van der Waals surface area contributed by atoms with Gasteiger partial charge in [0.05, 0.1) is 18.3 Å². The number of thiazole rings is 1. The number of halogens is 3. The Hall–Kier alpha value is -3.58. The lowest BCUT2D eigenvalue weighted by molar-refractivity contribution is -0.138. The lowest BCUT2D eigenvalue weighted by Gasteiger charge is -2.12. The first-order valence-electron chi connectivity index (χ1n) is 9.65. The maximum absolute atomic E-state index is 13.1. The minimum absolute atomic E-state index is 0.0253. The van der Waals surface area contributed by atoms with Crippen LogP contribution >= 0.6 is 11.3 Å². The number of nitrogens with one attached hydrogen (secondary N) is 3. The van der Waals surface area contributed by atoms with Gasteiger partial charge in [0.1, 0.15) is 27.7 Å². The summed E-state index contributed by atoms with van der Waals surface area (Å²) in [5.74, 6) is -0.438. The topological polar surface area (TPSA) is 112 Å². The molecule has 172 valence electrons. The highest BCUT2D eigenvalue weighted by molar-refractivity contribution is 7.13. The Morgan fingerprint density at radius 2 is 2.00 bits per heavy atom. The van der Waals surface area contributed by atoms with Gasteiger partial charge in [0.2, 0.25) is 0 Å². The number of carbonyl (C=O) groups is 2. The van der Waals surface area contributed by atoms with Crippen LogP contribution in [-0.2, 0) is 19.3 Å². The van der Waals surface area contributed by atoms with E-state index in [1.807, 2.05) is 7.05 Å². The van der Waals surface area contributed by atoms with Crippen LogP contribution < -0.4 is 16.1 Å².